The Balaban J connectivity index is 1.75. The molecule has 0 radical (unpaired) electrons. The first-order valence-electron chi connectivity index (χ1n) is 9.77. The van der Waals surface area contributed by atoms with E-state index in [1.54, 1.807) is 25.3 Å². The summed E-state index contributed by atoms with van der Waals surface area (Å²) in [5.41, 5.74) is 1.46. The van der Waals surface area contributed by atoms with Gasteiger partial charge in [-0.15, -0.1) is 0 Å². The van der Waals surface area contributed by atoms with Gasteiger partial charge in [0, 0.05) is 24.0 Å². The number of carboxylic acids is 2. The fraction of sp³-hybridized carbons (Fsp3) is 0.182. The van der Waals surface area contributed by atoms with Gasteiger partial charge in [0.15, 0.2) is 11.6 Å². The van der Waals surface area contributed by atoms with E-state index < -0.39 is 27.8 Å². The largest absolute Gasteiger partial charge is 0.491 e. The standard InChI is InChI=1S/C22H21FN2O7S/c1-14-12-15(6-8-18(14)25-10-2-4-19(25)22(28)29)24-33(30,31)16-7-9-20(17(23)13-16)32-11-3-5-21(26)27/h2,4,6-10,12-13,24H,3,5,11H2,1H3,(H,26,27)(H,28,29). The Hall–Kier alpha value is -3.86. The molecule has 0 fully saturated rings. The summed E-state index contributed by atoms with van der Waals surface area (Å²) >= 11 is 0. The molecule has 1 heterocycles. The van der Waals surface area contributed by atoms with Gasteiger partial charge in [-0.3, -0.25) is 9.52 Å². The molecule has 0 amide bonds. The first-order chi connectivity index (χ1) is 15.6. The van der Waals surface area contributed by atoms with E-state index in [1.165, 1.54) is 34.9 Å². The van der Waals surface area contributed by atoms with Crippen molar-refractivity contribution in [3.05, 3.63) is 71.8 Å². The molecule has 0 saturated carbocycles. The summed E-state index contributed by atoms with van der Waals surface area (Å²) in [6.07, 6.45) is 1.64. The molecule has 0 atom stereocenters. The first kappa shape index (κ1) is 23.8. The molecule has 174 valence electrons. The van der Waals surface area contributed by atoms with Gasteiger partial charge in [-0.05, 0) is 67.4 Å². The van der Waals surface area contributed by atoms with Crippen LogP contribution in [0.2, 0.25) is 0 Å². The van der Waals surface area contributed by atoms with Crippen LogP contribution in [0.3, 0.4) is 0 Å². The van der Waals surface area contributed by atoms with Gasteiger partial charge in [0.05, 0.1) is 11.5 Å². The molecule has 2 aromatic carbocycles. The highest BCUT2D eigenvalue weighted by Gasteiger charge is 2.18. The number of carboxylic acid groups (broad SMARTS) is 2. The average molecular weight is 476 g/mol. The number of anilines is 1. The maximum Gasteiger partial charge on any atom is 0.352 e. The summed E-state index contributed by atoms with van der Waals surface area (Å²) < 4.78 is 48.7. The molecule has 0 aliphatic carbocycles. The van der Waals surface area contributed by atoms with Crippen LogP contribution < -0.4 is 9.46 Å². The van der Waals surface area contributed by atoms with Crippen LogP contribution in [0.5, 0.6) is 5.75 Å². The number of aromatic carboxylic acids is 1. The summed E-state index contributed by atoms with van der Waals surface area (Å²) in [6.45, 7) is 1.68. The number of nitrogens with one attached hydrogen (secondary N) is 1. The van der Waals surface area contributed by atoms with Crippen LogP contribution in [-0.2, 0) is 14.8 Å². The zero-order valence-electron chi connectivity index (χ0n) is 17.5. The van der Waals surface area contributed by atoms with Crippen molar-refractivity contribution in [2.45, 2.75) is 24.7 Å². The molecule has 33 heavy (non-hydrogen) atoms. The molecule has 3 aromatic rings. The van der Waals surface area contributed by atoms with Crippen molar-refractivity contribution in [3.8, 4) is 11.4 Å². The van der Waals surface area contributed by atoms with Crippen molar-refractivity contribution >= 4 is 27.6 Å². The lowest BCUT2D eigenvalue weighted by atomic mass is 10.1. The van der Waals surface area contributed by atoms with E-state index >= 15 is 0 Å². The normalized spacial score (nSPS) is 11.2. The molecule has 0 spiro atoms. The van der Waals surface area contributed by atoms with Gasteiger partial charge < -0.3 is 19.5 Å². The number of nitrogens with zero attached hydrogens (tertiary/aromatic N) is 1. The highest BCUT2D eigenvalue weighted by atomic mass is 32.2. The topological polar surface area (TPSA) is 135 Å². The molecule has 0 saturated heterocycles. The molecular weight excluding hydrogens is 455 g/mol. The first-order valence-corrected chi connectivity index (χ1v) is 11.3. The molecule has 1 aromatic heterocycles. The number of carbonyl (C=O) groups is 2. The third kappa shape index (κ3) is 5.69. The zero-order valence-corrected chi connectivity index (χ0v) is 18.3. The Kier molecular flexibility index (Phi) is 7.02. The Morgan fingerprint density at radius 3 is 2.52 bits per heavy atom. The molecule has 3 rings (SSSR count). The third-order valence-electron chi connectivity index (χ3n) is 4.68. The Morgan fingerprint density at radius 2 is 1.88 bits per heavy atom. The van der Waals surface area contributed by atoms with Crippen molar-refractivity contribution in [2.24, 2.45) is 0 Å². The number of benzene rings is 2. The van der Waals surface area contributed by atoms with Crippen molar-refractivity contribution in [1.82, 2.24) is 4.57 Å². The SMILES string of the molecule is Cc1cc(NS(=O)(=O)c2ccc(OCCCC(=O)O)c(F)c2)ccc1-n1cccc1C(=O)O. The summed E-state index contributed by atoms with van der Waals surface area (Å²) in [5.74, 6) is -3.17. The number of aliphatic carboxylic acids is 1. The van der Waals surface area contributed by atoms with Crippen LogP contribution in [-0.4, -0.2) is 41.7 Å². The maximum absolute atomic E-state index is 14.3. The van der Waals surface area contributed by atoms with Crippen LogP contribution in [0, 0.1) is 12.7 Å². The molecule has 0 bridgehead atoms. The number of hydrogen-bond acceptors (Lipinski definition) is 5. The highest BCUT2D eigenvalue weighted by Crippen LogP contribution is 2.25. The van der Waals surface area contributed by atoms with E-state index in [1.807, 2.05) is 0 Å². The second kappa shape index (κ2) is 9.74. The predicted octanol–water partition coefficient (Wildman–Crippen LogP) is 3.67. The van der Waals surface area contributed by atoms with Gasteiger partial charge in [0.1, 0.15) is 5.69 Å². The second-order valence-corrected chi connectivity index (χ2v) is 8.80. The molecule has 9 nitrogen and oxygen atoms in total. The molecule has 0 aliphatic rings. The number of rotatable bonds is 10. The number of sulfonamides is 1. The van der Waals surface area contributed by atoms with Crippen LogP contribution in [0.1, 0.15) is 28.9 Å². The van der Waals surface area contributed by atoms with Crippen LogP contribution in [0.4, 0.5) is 10.1 Å². The molecule has 0 aliphatic heterocycles. The van der Waals surface area contributed by atoms with E-state index in [-0.39, 0.29) is 41.5 Å². The van der Waals surface area contributed by atoms with Crippen LogP contribution >= 0.6 is 0 Å². The van der Waals surface area contributed by atoms with Crippen molar-refractivity contribution in [2.75, 3.05) is 11.3 Å². The fourth-order valence-corrected chi connectivity index (χ4v) is 4.20. The Morgan fingerprint density at radius 1 is 1.12 bits per heavy atom. The summed E-state index contributed by atoms with van der Waals surface area (Å²) in [7, 11) is -4.12. The fourth-order valence-electron chi connectivity index (χ4n) is 3.14. The zero-order chi connectivity index (χ0) is 24.2. The van der Waals surface area contributed by atoms with Gasteiger partial charge in [0.2, 0.25) is 0 Å². The summed E-state index contributed by atoms with van der Waals surface area (Å²) in [4.78, 5) is 21.5. The van der Waals surface area contributed by atoms with Crippen LogP contribution in [0.25, 0.3) is 5.69 Å². The second-order valence-electron chi connectivity index (χ2n) is 7.11. The van der Waals surface area contributed by atoms with Crippen LogP contribution in [0.15, 0.2) is 59.6 Å². The van der Waals surface area contributed by atoms with Crippen molar-refractivity contribution in [3.63, 3.8) is 0 Å². The summed E-state index contributed by atoms with van der Waals surface area (Å²) in [6, 6.07) is 10.8. The lowest BCUT2D eigenvalue weighted by molar-refractivity contribution is -0.137. The van der Waals surface area contributed by atoms with Gasteiger partial charge >= 0.3 is 11.9 Å². The van der Waals surface area contributed by atoms with E-state index in [4.69, 9.17) is 9.84 Å². The van der Waals surface area contributed by atoms with Crippen molar-refractivity contribution in [1.29, 1.82) is 0 Å². The van der Waals surface area contributed by atoms with E-state index in [0.29, 0.717) is 11.3 Å². The smallest absolute Gasteiger partial charge is 0.352 e. The molecule has 0 unspecified atom stereocenters. The average Bonchev–Trinajstić information content (AvgIpc) is 3.21. The lowest BCUT2D eigenvalue weighted by Crippen LogP contribution is -2.14. The predicted molar refractivity (Wildman–Crippen MR) is 117 cm³/mol. The summed E-state index contributed by atoms with van der Waals surface area (Å²) in [5, 5.41) is 17.9. The minimum absolute atomic E-state index is 0.0236. The minimum atomic E-state index is -4.12. The van der Waals surface area contributed by atoms with Gasteiger partial charge in [-0.25, -0.2) is 17.6 Å². The number of ether oxygens (including phenoxy) is 1. The Labute approximate surface area is 189 Å². The lowest BCUT2D eigenvalue weighted by Gasteiger charge is -2.14. The molecule has 3 N–H and O–H groups in total. The van der Waals surface area contributed by atoms with Gasteiger partial charge in [-0.2, -0.15) is 0 Å². The number of halogens is 1. The number of aryl methyl sites for hydroxylation is 1. The third-order valence-corrected chi connectivity index (χ3v) is 6.06. The minimum Gasteiger partial charge on any atom is -0.491 e. The van der Waals surface area contributed by atoms with Gasteiger partial charge in [0.25, 0.3) is 10.0 Å². The monoisotopic (exact) mass is 476 g/mol. The number of hydrogen-bond donors (Lipinski definition) is 3. The molecule has 11 heteroatoms. The van der Waals surface area contributed by atoms with Crippen molar-refractivity contribution < 1.29 is 37.3 Å². The van der Waals surface area contributed by atoms with E-state index in [9.17, 15) is 27.5 Å². The maximum atomic E-state index is 14.3. The quantitative estimate of drug-likeness (QED) is 0.380. The number of aromatic nitrogens is 1. The molecular formula is C22H21FN2O7S. The van der Waals surface area contributed by atoms with E-state index in [2.05, 4.69) is 4.72 Å². The Bertz CT molecular complexity index is 1300. The highest BCUT2D eigenvalue weighted by molar-refractivity contribution is 7.92. The van der Waals surface area contributed by atoms with E-state index in [0.717, 1.165) is 6.07 Å². The van der Waals surface area contributed by atoms with Gasteiger partial charge in [-0.1, -0.05) is 0 Å².